The van der Waals surface area contributed by atoms with Crippen LogP contribution in [0, 0.1) is 30.4 Å². The first-order chi connectivity index (χ1) is 41.2. The Balaban J connectivity index is 0.000000266. The maximum absolute atomic E-state index is 16.1. The predicted octanol–water partition coefficient (Wildman–Crippen LogP) is 15.7. The van der Waals surface area contributed by atoms with Gasteiger partial charge >= 0.3 is 12.0 Å². The summed E-state index contributed by atoms with van der Waals surface area (Å²) in [5, 5.41) is 25.2. The summed E-state index contributed by atoms with van der Waals surface area (Å²) < 4.78 is 40.1. The van der Waals surface area contributed by atoms with E-state index in [0.29, 0.717) is 78.4 Å². The number of carbonyl (C=O) groups is 3. The number of hydrogen-bond acceptors (Lipinski definition) is 12. The van der Waals surface area contributed by atoms with Crippen molar-refractivity contribution in [3.05, 3.63) is 89.3 Å². The molecular weight excluding hydrogens is 1090 g/mol. The molecule has 6 heterocycles. The lowest BCUT2D eigenvalue weighted by atomic mass is 9.91. The van der Waals surface area contributed by atoms with Crippen LogP contribution in [0.2, 0.25) is 0 Å². The van der Waals surface area contributed by atoms with Crippen LogP contribution in [0.4, 0.5) is 20.3 Å². The minimum atomic E-state index is -0.907. The van der Waals surface area contributed by atoms with Crippen molar-refractivity contribution in [2.45, 2.75) is 223 Å². The molecule has 9 rings (SSSR count). The second kappa shape index (κ2) is 36.1. The number of hydrogen-bond donors (Lipinski definition) is 3. The van der Waals surface area contributed by atoms with E-state index in [1.807, 2.05) is 50.5 Å². The smallest absolute Gasteiger partial charge is 0.318 e. The van der Waals surface area contributed by atoms with Gasteiger partial charge in [-0.15, -0.1) is 0 Å². The number of aryl methyl sites for hydroxylation is 3. The number of phenolic OH excluding ortho intramolecular Hbond substituents is 1. The van der Waals surface area contributed by atoms with E-state index in [1.54, 1.807) is 13.0 Å². The molecule has 0 aliphatic carbocycles. The van der Waals surface area contributed by atoms with Crippen molar-refractivity contribution in [2.24, 2.45) is 11.8 Å². The van der Waals surface area contributed by atoms with E-state index in [4.69, 9.17) is 4.74 Å². The molecular formula is C70H105F2N7O7. The van der Waals surface area contributed by atoms with Crippen molar-refractivity contribution in [1.29, 1.82) is 0 Å². The Morgan fingerprint density at radius 2 is 1.60 bits per heavy atom. The highest BCUT2D eigenvalue weighted by Gasteiger charge is 2.34. The Kier molecular flexibility index (Phi) is 30.4. The van der Waals surface area contributed by atoms with Crippen LogP contribution in [0.5, 0.6) is 11.8 Å². The Hall–Kier alpha value is -6.26. The van der Waals surface area contributed by atoms with Gasteiger partial charge < -0.3 is 39.7 Å². The summed E-state index contributed by atoms with van der Waals surface area (Å²) in [6.07, 6.45) is 22.1. The van der Waals surface area contributed by atoms with Crippen LogP contribution in [-0.4, -0.2) is 106 Å². The molecule has 4 aliphatic rings. The highest BCUT2D eigenvalue weighted by atomic mass is 19.1. The number of benzene rings is 3. The number of β-amino-alcohol motifs (C(OH)–C–C–N with tert-alkyl or cyclic N) is 1. The van der Waals surface area contributed by atoms with Crippen molar-refractivity contribution < 1.29 is 42.9 Å². The quantitative estimate of drug-likeness (QED) is 0.0754. The lowest BCUT2D eigenvalue weighted by Gasteiger charge is -2.37. The number of amides is 2. The molecule has 4 fully saturated rings. The molecule has 2 amide bonds. The number of nitrogens with zero attached hydrogens (tertiary/aromatic N) is 6. The van der Waals surface area contributed by atoms with Crippen molar-refractivity contribution in [3.8, 4) is 23.0 Å². The van der Waals surface area contributed by atoms with Gasteiger partial charge in [-0.2, -0.15) is 9.97 Å². The van der Waals surface area contributed by atoms with E-state index in [9.17, 15) is 29.0 Å². The number of esters is 1. The van der Waals surface area contributed by atoms with Crippen LogP contribution in [0.1, 0.15) is 202 Å². The molecule has 0 spiro atoms. The fourth-order valence-electron chi connectivity index (χ4n) is 12.0. The summed E-state index contributed by atoms with van der Waals surface area (Å²) in [7, 11) is 2.75. The monoisotopic (exact) mass is 1190 g/mol. The molecule has 3 N–H and O–H groups in total. The first kappa shape index (κ1) is 72.2. The zero-order chi connectivity index (χ0) is 63.7. The van der Waals surface area contributed by atoms with E-state index in [1.165, 1.54) is 128 Å². The fraction of sp³-hybridized carbons (Fsp3) is 0.600. The number of methoxy groups -OCH3 is 2. The van der Waals surface area contributed by atoms with Crippen LogP contribution >= 0.6 is 0 Å². The largest absolute Gasteiger partial charge is 0.508 e. The van der Waals surface area contributed by atoms with Crippen LogP contribution < -0.4 is 19.9 Å². The zero-order valence-corrected chi connectivity index (χ0v) is 54.8. The van der Waals surface area contributed by atoms with Gasteiger partial charge in [-0.25, -0.2) is 8.78 Å². The second-order valence-corrected chi connectivity index (χ2v) is 23.5. The molecule has 14 nitrogen and oxygen atoms in total. The molecule has 476 valence electrons. The third kappa shape index (κ3) is 20.4. The lowest BCUT2D eigenvalue weighted by Crippen LogP contribution is -2.49. The lowest BCUT2D eigenvalue weighted by molar-refractivity contribution is -0.138. The van der Waals surface area contributed by atoms with Gasteiger partial charge in [0, 0.05) is 62.0 Å². The van der Waals surface area contributed by atoms with Gasteiger partial charge in [0.05, 0.1) is 31.2 Å². The molecule has 5 aromatic rings. The molecule has 86 heavy (non-hydrogen) atoms. The number of aliphatic hydroxyl groups is 1. The predicted molar refractivity (Wildman–Crippen MR) is 348 cm³/mol. The topological polar surface area (TPSA) is 171 Å². The van der Waals surface area contributed by atoms with E-state index < -0.39 is 17.2 Å². The Labute approximate surface area is 513 Å². The number of phenols is 1. The number of pyridine rings is 1. The number of anilines is 2. The van der Waals surface area contributed by atoms with Crippen molar-refractivity contribution >= 4 is 51.0 Å². The average molecular weight is 1190 g/mol. The normalized spacial score (nSPS) is 18.0. The Morgan fingerprint density at radius 1 is 0.907 bits per heavy atom. The summed E-state index contributed by atoms with van der Waals surface area (Å²) in [4.78, 5) is 53.4. The molecule has 0 saturated carbocycles. The first-order valence-corrected chi connectivity index (χ1v) is 32.2. The van der Waals surface area contributed by atoms with E-state index in [0.717, 1.165) is 54.8 Å². The highest BCUT2D eigenvalue weighted by Crippen LogP contribution is 2.40. The molecule has 16 heteroatoms. The Morgan fingerprint density at radius 3 is 2.16 bits per heavy atom. The molecule has 4 atom stereocenters. The van der Waals surface area contributed by atoms with E-state index in [-0.39, 0.29) is 52.4 Å². The maximum atomic E-state index is 16.1. The molecule has 0 radical (unpaired) electrons. The molecule has 4 aliphatic heterocycles. The van der Waals surface area contributed by atoms with Gasteiger partial charge in [0.2, 0.25) is 11.8 Å². The third-order valence-corrected chi connectivity index (χ3v) is 16.8. The number of carbonyl (C=O) groups excluding carboxylic acids is 3. The summed E-state index contributed by atoms with van der Waals surface area (Å²) in [5.41, 5.74) is 3.64. The zero-order valence-electron chi connectivity index (χ0n) is 54.8. The molecule has 3 unspecified atom stereocenters. The number of ether oxygens (including phenoxy) is 2. The first-order valence-electron chi connectivity index (χ1n) is 32.2. The molecule has 4 saturated heterocycles. The van der Waals surface area contributed by atoms with Crippen LogP contribution in [0.15, 0.2) is 60.9 Å². The SMILES string of the molecule is C1CC2CCCN2C1.C=C1NC(=O)CCC1N(C(=O)CCC)c1ccc(CCC)cc1C.CC.CCCC(CC)CCC(C)CC.CCc1c(F)ccc2cc(O)cc(-c3ncc4c(N5CCC[C@@](C)(O)C5)nc(OC)nc4c3F)c12.COC(C)=O. The van der Waals surface area contributed by atoms with Crippen LogP contribution in [0.3, 0.4) is 0 Å². The molecule has 2 aromatic heterocycles. The minimum Gasteiger partial charge on any atom is -0.508 e. The summed E-state index contributed by atoms with van der Waals surface area (Å²) in [6, 6.07) is 12.9. The van der Waals surface area contributed by atoms with E-state index in [2.05, 4.69) is 83.2 Å². The van der Waals surface area contributed by atoms with Gasteiger partial charge in [0.15, 0.2) is 5.82 Å². The number of halogens is 2. The fourth-order valence-corrected chi connectivity index (χ4v) is 12.0. The number of aromatic hydroxyl groups is 1. The summed E-state index contributed by atoms with van der Waals surface area (Å²) >= 11 is 0. The number of aromatic nitrogens is 3. The van der Waals surface area contributed by atoms with Gasteiger partial charge in [-0.05, 0) is 155 Å². The number of fused-ring (bicyclic) bond motifs is 3. The summed E-state index contributed by atoms with van der Waals surface area (Å²) in [6.45, 7) is 32.2. The summed E-state index contributed by atoms with van der Waals surface area (Å²) in [5.74, 6) is 0.970. The van der Waals surface area contributed by atoms with Crippen LogP contribution in [0.25, 0.3) is 32.9 Å². The number of piperidine rings is 2. The van der Waals surface area contributed by atoms with Gasteiger partial charge in [-0.1, -0.05) is 132 Å². The number of rotatable bonds is 17. The van der Waals surface area contributed by atoms with Crippen molar-refractivity contribution in [2.75, 3.05) is 50.2 Å². The van der Waals surface area contributed by atoms with Gasteiger partial charge in [0.1, 0.15) is 28.6 Å². The molecule has 3 aromatic carbocycles. The number of nitrogens with one attached hydrogen (secondary N) is 1. The maximum Gasteiger partial charge on any atom is 0.318 e. The third-order valence-electron chi connectivity index (χ3n) is 16.8. The second-order valence-electron chi connectivity index (χ2n) is 23.5. The van der Waals surface area contributed by atoms with Crippen molar-refractivity contribution in [1.82, 2.24) is 25.2 Å². The van der Waals surface area contributed by atoms with Crippen molar-refractivity contribution in [3.63, 3.8) is 0 Å². The standard InChI is InChI=1S/C26H26F2N4O3.C20H28N2O2.C12H26.C7H13N.C3H6O2.C2H6/c1-4-16-19(27)7-6-14-10-15(33)11-17(20(14)16)22-21(28)23-18(12-29-22)24(31-25(30-23)35-3)32-9-5-8-26(2,34)13-32;1-5-7-16-9-10-17(14(3)13-16)22(20(24)8-6-2)18-11-12-19(23)21-15(18)4;1-5-8-12(7-3)10-9-11(4)6-2;1-3-7-4-2-6-8(7)5-1;1-3(4)5-2;1-2/h6-7,10-12,33-34H,4-5,8-9,13H2,1-3H3;9-10,13,18H,4-8,11-12H2,1-3H3,(H,21,23);11-12H,5-10H2,1-4H3;7H,1-6H2;1-2H3;1-2H3/t26-;;;;;/m1...../s1. The molecule has 0 bridgehead atoms. The highest BCUT2D eigenvalue weighted by molar-refractivity contribution is 6.02. The van der Waals surface area contributed by atoms with E-state index >= 15 is 4.39 Å². The minimum absolute atomic E-state index is 0.00647. The average Bonchev–Trinajstić information content (AvgIpc) is 1.30. The Bertz CT molecular complexity index is 2950. The van der Waals surface area contributed by atoms with Gasteiger partial charge in [-0.3, -0.25) is 19.4 Å². The van der Waals surface area contributed by atoms with Crippen LogP contribution in [-0.2, 0) is 32.0 Å². The van der Waals surface area contributed by atoms with Gasteiger partial charge in [0.25, 0.3) is 0 Å².